The third-order valence-corrected chi connectivity index (χ3v) is 7.62. The summed E-state index contributed by atoms with van der Waals surface area (Å²) in [6.07, 6.45) is 5.02. The Hall–Kier alpha value is -3.90. The predicted octanol–water partition coefficient (Wildman–Crippen LogP) is 8.96. The number of hydrogen-bond donors (Lipinski definition) is 0. The van der Waals surface area contributed by atoms with Crippen LogP contribution in [0.25, 0.3) is 49.2 Å². The molecule has 1 aliphatic carbocycles. The molecule has 1 aliphatic rings. The Labute approximate surface area is 221 Å². The lowest BCUT2D eigenvalue weighted by atomic mass is 9.83. The maximum Gasteiger partial charge on any atom is 0.216 e. The second-order valence-corrected chi connectivity index (χ2v) is 9.63. The molecular formula is C33H31N2O+. The van der Waals surface area contributed by atoms with Gasteiger partial charge in [-0.1, -0.05) is 73.7 Å². The van der Waals surface area contributed by atoms with Crippen molar-refractivity contribution in [1.29, 1.82) is 0 Å². The van der Waals surface area contributed by atoms with E-state index in [0.29, 0.717) is 16.6 Å². The van der Waals surface area contributed by atoms with Gasteiger partial charge in [-0.15, -0.1) is 0 Å². The standard InChI is InChI=1S/C33H31N2O/c1-21-15-16-26-27-17-19-28(34-3)31(24-13-9-6-10-14-24)33(27)36-32(26)30(21)29-20-18-25(22(2)35(29)4)23-11-7-5-8-12-23/h6,9-10,13-20,23H,5,7-8,11-12H2,1-2,4H3/q+1/i6D,9D,10D,13D,14D,23D. The van der Waals surface area contributed by atoms with E-state index in [1.165, 1.54) is 6.42 Å². The first kappa shape index (κ1) is 16.7. The Bertz CT molecular complexity index is 1950. The zero-order valence-electron chi connectivity index (χ0n) is 26.8. The summed E-state index contributed by atoms with van der Waals surface area (Å²) in [6, 6.07) is 9.40. The van der Waals surface area contributed by atoms with Crippen LogP contribution >= 0.6 is 0 Å². The molecule has 0 aliphatic heterocycles. The van der Waals surface area contributed by atoms with Crippen molar-refractivity contribution in [3.05, 3.63) is 94.8 Å². The number of hydrogen-bond acceptors (Lipinski definition) is 1. The van der Waals surface area contributed by atoms with Crippen LogP contribution in [0.5, 0.6) is 0 Å². The fraction of sp³-hybridized carbons (Fsp3) is 0.273. The molecule has 1 fully saturated rings. The van der Waals surface area contributed by atoms with E-state index in [9.17, 15) is 1.37 Å². The van der Waals surface area contributed by atoms with Gasteiger partial charge in [0.1, 0.15) is 18.2 Å². The van der Waals surface area contributed by atoms with Crippen molar-refractivity contribution >= 4 is 27.6 Å². The first-order valence-corrected chi connectivity index (χ1v) is 12.4. The molecule has 3 heteroatoms. The molecule has 6 rings (SSSR count). The van der Waals surface area contributed by atoms with Gasteiger partial charge in [0.25, 0.3) is 0 Å². The Balaban J connectivity index is 1.65. The smallest absolute Gasteiger partial charge is 0.216 e. The van der Waals surface area contributed by atoms with Crippen LogP contribution in [-0.4, -0.2) is 0 Å². The molecule has 5 aromatic rings. The molecule has 0 unspecified atom stereocenters. The van der Waals surface area contributed by atoms with Gasteiger partial charge in [-0.25, -0.2) is 4.85 Å². The van der Waals surface area contributed by atoms with E-state index in [1.54, 1.807) is 12.1 Å². The van der Waals surface area contributed by atoms with E-state index in [2.05, 4.69) is 28.5 Å². The van der Waals surface area contributed by atoms with Crippen molar-refractivity contribution in [2.45, 2.75) is 51.8 Å². The van der Waals surface area contributed by atoms with E-state index in [4.69, 9.17) is 17.8 Å². The summed E-state index contributed by atoms with van der Waals surface area (Å²) in [6.45, 7) is 11.9. The van der Waals surface area contributed by atoms with Gasteiger partial charge < -0.3 is 4.42 Å². The third kappa shape index (κ3) is 3.52. The summed E-state index contributed by atoms with van der Waals surface area (Å²) in [5.41, 5.74) is 6.08. The van der Waals surface area contributed by atoms with Crippen LogP contribution in [-0.2, 0) is 7.05 Å². The minimum Gasteiger partial charge on any atom is -0.456 e. The lowest BCUT2D eigenvalue weighted by molar-refractivity contribution is -0.667. The minimum absolute atomic E-state index is 0.0473. The fourth-order valence-electron chi connectivity index (χ4n) is 5.65. The zero-order chi connectivity index (χ0) is 30.1. The van der Waals surface area contributed by atoms with Crippen molar-refractivity contribution in [3.8, 4) is 22.4 Å². The van der Waals surface area contributed by atoms with Crippen LogP contribution in [0.15, 0.2) is 71.0 Å². The number of nitrogens with zero attached hydrogens (tertiary/aromatic N) is 2. The molecule has 0 bridgehead atoms. The maximum atomic E-state index is 9.22. The number of benzene rings is 3. The molecule has 178 valence electrons. The molecule has 1 saturated carbocycles. The van der Waals surface area contributed by atoms with Crippen LogP contribution in [0.3, 0.4) is 0 Å². The molecule has 3 nitrogen and oxygen atoms in total. The second kappa shape index (κ2) is 8.95. The van der Waals surface area contributed by atoms with Crippen LogP contribution in [0.1, 0.15) is 63.0 Å². The molecular weight excluding hydrogens is 440 g/mol. The van der Waals surface area contributed by atoms with Crippen molar-refractivity contribution in [2.24, 2.45) is 7.05 Å². The highest BCUT2D eigenvalue weighted by Gasteiger charge is 2.27. The molecule has 0 saturated heterocycles. The molecule has 36 heavy (non-hydrogen) atoms. The fourth-order valence-corrected chi connectivity index (χ4v) is 5.65. The quantitative estimate of drug-likeness (QED) is 0.188. The highest BCUT2D eigenvalue weighted by molar-refractivity contribution is 6.15. The van der Waals surface area contributed by atoms with Gasteiger partial charge in [-0.2, -0.15) is 4.57 Å². The predicted molar refractivity (Wildman–Crippen MR) is 147 cm³/mol. The molecule has 2 aromatic heterocycles. The number of rotatable bonds is 3. The lowest BCUT2D eigenvalue weighted by Crippen LogP contribution is -2.36. The highest BCUT2D eigenvalue weighted by atomic mass is 16.3. The van der Waals surface area contributed by atoms with Crippen molar-refractivity contribution in [3.63, 3.8) is 0 Å². The van der Waals surface area contributed by atoms with Gasteiger partial charge in [-0.3, -0.25) is 0 Å². The first-order valence-electron chi connectivity index (χ1n) is 15.4. The van der Waals surface area contributed by atoms with Crippen molar-refractivity contribution in [2.75, 3.05) is 0 Å². The Morgan fingerprint density at radius 1 is 0.917 bits per heavy atom. The number of aryl methyl sites for hydroxylation is 1. The molecule has 0 radical (unpaired) electrons. The van der Waals surface area contributed by atoms with Gasteiger partial charge in [0.2, 0.25) is 5.69 Å². The van der Waals surface area contributed by atoms with E-state index in [0.717, 1.165) is 59.1 Å². The van der Waals surface area contributed by atoms with Gasteiger partial charge in [0, 0.05) is 36.3 Å². The van der Waals surface area contributed by atoms with Gasteiger partial charge in [-0.05, 0) is 42.9 Å². The lowest BCUT2D eigenvalue weighted by Gasteiger charge is -2.22. The van der Waals surface area contributed by atoms with E-state index >= 15 is 0 Å². The topological polar surface area (TPSA) is 21.4 Å². The summed E-state index contributed by atoms with van der Waals surface area (Å²) in [5.74, 6) is -0.589. The van der Waals surface area contributed by atoms with Gasteiger partial charge in [0.05, 0.1) is 19.0 Å². The average molecular weight is 478 g/mol. The first-order chi connectivity index (χ1) is 20.0. The Morgan fingerprint density at radius 3 is 2.33 bits per heavy atom. The van der Waals surface area contributed by atoms with Crippen LogP contribution in [0.2, 0.25) is 0 Å². The number of fused-ring (bicyclic) bond motifs is 3. The highest BCUT2D eigenvalue weighted by Crippen LogP contribution is 2.44. The minimum atomic E-state index is -0.589. The summed E-state index contributed by atoms with van der Waals surface area (Å²) in [7, 11) is 2.01. The molecule has 0 atom stereocenters. The van der Waals surface area contributed by atoms with E-state index < -0.39 is 24.0 Å². The Morgan fingerprint density at radius 2 is 1.61 bits per heavy atom. The maximum absolute atomic E-state index is 9.22. The van der Waals surface area contributed by atoms with E-state index in [1.807, 2.05) is 26.1 Å². The van der Waals surface area contributed by atoms with Gasteiger partial charge >= 0.3 is 0 Å². The molecule has 2 heterocycles. The van der Waals surface area contributed by atoms with Crippen LogP contribution in [0.4, 0.5) is 5.69 Å². The third-order valence-electron chi connectivity index (χ3n) is 7.62. The average Bonchev–Trinajstić information content (AvgIpc) is 3.36. The summed E-state index contributed by atoms with van der Waals surface area (Å²) < 4.78 is 59.6. The largest absolute Gasteiger partial charge is 0.456 e. The van der Waals surface area contributed by atoms with Crippen molar-refractivity contribution < 1.29 is 17.2 Å². The molecule has 0 spiro atoms. The molecule has 0 amide bonds. The number of aromatic nitrogens is 1. The normalized spacial score (nSPS) is 17.6. The zero-order valence-corrected chi connectivity index (χ0v) is 20.8. The molecule has 0 N–H and O–H groups in total. The van der Waals surface area contributed by atoms with Crippen molar-refractivity contribution in [1.82, 2.24) is 0 Å². The van der Waals surface area contributed by atoms with E-state index in [-0.39, 0.29) is 28.9 Å². The summed E-state index contributed by atoms with van der Waals surface area (Å²) in [5, 5.41) is 1.51. The summed E-state index contributed by atoms with van der Waals surface area (Å²) in [4.78, 5) is 3.65. The monoisotopic (exact) mass is 477 g/mol. The van der Waals surface area contributed by atoms with Crippen LogP contribution < -0.4 is 4.57 Å². The Kier molecular flexibility index (Phi) is 4.16. The van der Waals surface area contributed by atoms with Gasteiger partial charge in [0.15, 0.2) is 11.4 Å². The number of pyridine rings is 1. The SMILES string of the molecule is [2H]c1c([2H])c([2H])c(-c2c([N+]#[C-])ccc3c2oc2c(-c4ccc(C5([2H])CCCCC5)c(C)[n+]4C)c(C)ccc23)c([2H])c1[2H]. The van der Waals surface area contributed by atoms with Crippen LogP contribution in [0, 0.1) is 20.4 Å². The second-order valence-electron chi connectivity index (χ2n) is 9.63. The summed E-state index contributed by atoms with van der Waals surface area (Å²) >= 11 is 0. The number of furan rings is 1. The molecule has 3 aromatic carbocycles.